The second-order valence-corrected chi connectivity index (χ2v) is 6.13. The van der Waals surface area contributed by atoms with Crippen molar-refractivity contribution in [2.45, 2.75) is 46.5 Å². The quantitative estimate of drug-likeness (QED) is 0.587. The van der Waals surface area contributed by atoms with E-state index < -0.39 is 0 Å². The molecule has 0 saturated carbocycles. The summed E-state index contributed by atoms with van der Waals surface area (Å²) in [6, 6.07) is 10.1. The number of rotatable bonds is 7. The largest absolute Gasteiger partial charge is 0.366 e. The number of anilines is 1. The van der Waals surface area contributed by atoms with Crippen LogP contribution in [0, 0.1) is 5.92 Å². The van der Waals surface area contributed by atoms with Crippen LogP contribution in [0.1, 0.15) is 46.5 Å². The predicted molar refractivity (Wildman–Crippen MR) is 102 cm³/mol. The van der Waals surface area contributed by atoms with E-state index in [1.807, 2.05) is 56.3 Å². The Labute approximate surface area is 141 Å². The van der Waals surface area contributed by atoms with Crippen molar-refractivity contribution in [3.05, 3.63) is 30.3 Å². The van der Waals surface area contributed by atoms with Crippen LogP contribution in [0.5, 0.6) is 0 Å². The molecule has 1 rings (SSSR count). The van der Waals surface area contributed by atoms with Gasteiger partial charge in [-0.15, -0.1) is 0 Å². The predicted octanol–water partition coefficient (Wildman–Crippen LogP) is 4.65. The first-order valence-electron chi connectivity index (χ1n) is 8.65. The lowest BCUT2D eigenvalue weighted by Gasteiger charge is -2.15. The zero-order valence-electron chi connectivity index (χ0n) is 15.3. The monoisotopic (exact) mass is 316 g/mol. The van der Waals surface area contributed by atoms with Gasteiger partial charge in [0.05, 0.1) is 0 Å². The van der Waals surface area contributed by atoms with Crippen LogP contribution in [-0.4, -0.2) is 37.3 Å². The first-order valence-corrected chi connectivity index (χ1v) is 8.65. The highest BCUT2D eigenvalue weighted by Crippen LogP contribution is 2.13. The fourth-order valence-electron chi connectivity index (χ4n) is 2.14. The summed E-state index contributed by atoms with van der Waals surface area (Å²) >= 11 is 0. The van der Waals surface area contributed by atoms with Crippen LogP contribution in [-0.2, 0) is 0 Å². The van der Waals surface area contributed by atoms with Crippen LogP contribution in [0.15, 0.2) is 40.3 Å². The lowest BCUT2D eigenvalue weighted by Crippen LogP contribution is -2.22. The van der Waals surface area contributed by atoms with Crippen molar-refractivity contribution in [2.24, 2.45) is 15.9 Å². The highest BCUT2D eigenvalue weighted by molar-refractivity contribution is 6.01. The maximum Gasteiger partial charge on any atom is 0.224 e. The number of benzene rings is 1. The third-order valence-corrected chi connectivity index (χ3v) is 3.99. The molecule has 4 nitrogen and oxygen atoms in total. The van der Waals surface area contributed by atoms with Crippen molar-refractivity contribution in [3.8, 4) is 0 Å². The smallest absolute Gasteiger partial charge is 0.224 e. The molecule has 4 heteroatoms. The molecule has 23 heavy (non-hydrogen) atoms. The van der Waals surface area contributed by atoms with Crippen LogP contribution in [0.25, 0.3) is 0 Å². The molecule has 0 bridgehead atoms. The zero-order chi connectivity index (χ0) is 17.1. The Morgan fingerprint density at radius 3 is 2.43 bits per heavy atom. The van der Waals surface area contributed by atoms with E-state index in [4.69, 9.17) is 4.99 Å². The standard InChI is InChI=1S/C19H32N4/c1-6-8-12-17(7-2)15-20-19(21-16(3)23(4)5)22-18-13-10-9-11-14-18/h9-11,13-14,17H,6-8,12,15H2,1-5H3,(H,20,22). The van der Waals surface area contributed by atoms with Gasteiger partial charge in [-0.05, 0) is 31.4 Å². The topological polar surface area (TPSA) is 40.0 Å². The molecule has 0 amide bonds. The third-order valence-electron chi connectivity index (χ3n) is 3.99. The fourth-order valence-corrected chi connectivity index (χ4v) is 2.14. The van der Waals surface area contributed by atoms with Gasteiger partial charge in [-0.25, -0.2) is 4.99 Å². The fraction of sp³-hybridized carbons (Fsp3) is 0.579. The van der Waals surface area contributed by atoms with Crippen molar-refractivity contribution in [3.63, 3.8) is 0 Å². The SMILES string of the molecule is CCCCC(CC)CN=C(N=C(C)N(C)C)Nc1ccccc1. The number of hydrogen-bond acceptors (Lipinski definition) is 1. The molecule has 0 aliphatic heterocycles. The van der Waals surface area contributed by atoms with E-state index in [-0.39, 0.29) is 0 Å². The van der Waals surface area contributed by atoms with Crippen LogP contribution in [0.3, 0.4) is 0 Å². The Hall–Kier alpha value is -1.84. The average Bonchev–Trinajstić information content (AvgIpc) is 2.55. The Balaban J connectivity index is 2.85. The molecule has 0 aliphatic rings. The second-order valence-electron chi connectivity index (χ2n) is 6.13. The number of unbranched alkanes of at least 4 members (excludes halogenated alkanes) is 1. The van der Waals surface area contributed by atoms with Crippen molar-refractivity contribution in [2.75, 3.05) is 26.0 Å². The summed E-state index contributed by atoms with van der Waals surface area (Å²) in [4.78, 5) is 11.4. The number of para-hydroxylation sites is 1. The van der Waals surface area contributed by atoms with Gasteiger partial charge in [0.15, 0.2) is 0 Å². The van der Waals surface area contributed by atoms with Gasteiger partial charge in [-0.3, -0.25) is 4.99 Å². The summed E-state index contributed by atoms with van der Waals surface area (Å²) in [5.41, 5.74) is 1.02. The van der Waals surface area contributed by atoms with E-state index in [0.29, 0.717) is 11.9 Å². The van der Waals surface area contributed by atoms with Crippen molar-refractivity contribution < 1.29 is 0 Å². The molecule has 1 atom stereocenters. The molecule has 0 aromatic heterocycles. The maximum atomic E-state index is 4.76. The van der Waals surface area contributed by atoms with Gasteiger partial charge < -0.3 is 10.2 Å². The third kappa shape index (κ3) is 7.82. The lowest BCUT2D eigenvalue weighted by atomic mass is 10.00. The molecule has 1 N–H and O–H groups in total. The summed E-state index contributed by atoms with van der Waals surface area (Å²) < 4.78 is 0. The normalized spacial score (nSPS) is 13.8. The molecule has 0 aliphatic carbocycles. The van der Waals surface area contributed by atoms with E-state index in [2.05, 4.69) is 24.2 Å². The molecule has 1 aromatic rings. The number of guanidine groups is 1. The Morgan fingerprint density at radius 2 is 1.87 bits per heavy atom. The number of amidine groups is 1. The second kappa shape index (κ2) is 10.8. The molecule has 0 spiro atoms. The Bertz CT molecular complexity index is 491. The molecule has 0 fully saturated rings. The maximum absolute atomic E-state index is 4.76. The van der Waals surface area contributed by atoms with Gasteiger partial charge in [-0.1, -0.05) is 51.3 Å². The van der Waals surface area contributed by atoms with E-state index >= 15 is 0 Å². The highest BCUT2D eigenvalue weighted by Gasteiger charge is 2.07. The molecular weight excluding hydrogens is 284 g/mol. The van der Waals surface area contributed by atoms with Crippen LogP contribution in [0.2, 0.25) is 0 Å². The molecular formula is C19H32N4. The summed E-state index contributed by atoms with van der Waals surface area (Å²) in [6.07, 6.45) is 4.92. The number of aliphatic imine (C=N–C) groups is 2. The van der Waals surface area contributed by atoms with Crippen molar-refractivity contribution in [1.82, 2.24) is 4.90 Å². The number of nitrogens with one attached hydrogen (secondary N) is 1. The lowest BCUT2D eigenvalue weighted by molar-refractivity contribution is 0.462. The van der Waals surface area contributed by atoms with Crippen LogP contribution in [0.4, 0.5) is 5.69 Å². The molecule has 0 heterocycles. The minimum atomic E-state index is 0.636. The first kappa shape index (κ1) is 19.2. The van der Waals surface area contributed by atoms with Gasteiger partial charge in [-0.2, -0.15) is 0 Å². The number of nitrogens with zero attached hydrogens (tertiary/aromatic N) is 3. The van der Waals surface area contributed by atoms with Gasteiger partial charge in [0.25, 0.3) is 0 Å². The molecule has 128 valence electrons. The average molecular weight is 316 g/mol. The van der Waals surface area contributed by atoms with Gasteiger partial charge in [0, 0.05) is 26.3 Å². The van der Waals surface area contributed by atoms with Crippen molar-refractivity contribution in [1.29, 1.82) is 0 Å². The highest BCUT2D eigenvalue weighted by atomic mass is 15.2. The van der Waals surface area contributed by atoms with Crippen molar-refractivity contribution >= 4 is 17.5 Å². The first-order chi connectivity index (χ1) is 11.1. The van der Waals surface area contributed by atoms with Gasteiger partial charge in [0.2, 0.25) is 5.96 Å². The van der Waals surface area contributed by atoms with E-state index in [1.165, 1.54) is 25.7 Å². The zero-order valence-corrected chi connectivity index (χ0v) is 15.3. The Morgan fingerprint density at radius 1 is 1.17 bits per heavy atom. The number of hydrogen-bond donors (Lipinski definition) is 1. The summed E-state index contributed by atoms with van der Waals surface area (Å²) in [5.74, 6) is 2.27. The minimum absolute atomic E-state index is 0.636. The van der Waals surface area contributed by atoms with E-state index in [1.54, 1.807) is 0 Å². The summed E-state index contributed by atoms with van der Waals surface area (Å²) in [6.45, 7) is 7.31. The van der Waals surface area contributed by atoms with E-state index in [0.717, 1.165) is 18.1 Å². The summed E-state index contributed by atoms with van der Waals surface area (Å²) in [7, 11) is 3.99. The minimum Gasteiger partial charge on any atom is -0.366 e. The summed E-state index contributed by atoms with van der Waals surface area (Å²) in [5, 5.41) is 3.34. The molecule has 0 radical (unpaired) electrons. The van der Waals surface area contributed by atoms with E-state index in [9.17, 15) is 0 Å². The van der Waals surface area contributed by atoms with Gasteiger partial charge >= 0.3 is 0 Å². The van der Waals surface area contributed by atoms with Gasteiger partial charge in [0.1, 0.15) is 5.84 Å². The van der Waals surface area contributed by atoms with Crippen LogP contribution < -0.4 is 5.32 Å². The van der Waals surface area contributed by atoms with Crippen LogP contribution >= 0.6 is 0 Å². The molecule has 1 aromatic carbocycles. The Kier molecular flexibility index (Phi) is 9.03. The molecule has 1 unspecified atom stereocenters. The molecule has 0 saturated heterocycles.